The van der Waals surface area contributed by atoms with Crippen LogP contribution >= 0.6 is 47.0 Å². The Hall–Kier alpha value is -7.20. The van der Waals surface area contributed by atoms with Crippen LogP contribution in [0.25, 0.3) is 0 Å². The lowest BCUT2D eigenvalue weighted by molar-refractivity contribution is -0.140. The Labute approximate surface area is 639 Å². The van der Waals surface area contributed by atoms with Gasteiger partial charge in [-0.15, -0.1) is 47.0 Å². The Morgan fingerprint density at radius 2 is 0.778 bits per heavy atom. The molecule has 596 valence electrons. The maximum atomic E-state index is 14.3. The van der Waals surface area contributed by atoms with Crippen molar-refractivity contribution < 1.29 is 90.8 Å². The van der Waals surface area contributed by atoms with E-state index in [1.54, 1.807) is 77.9 Å². The van der Waals surface area contributed by atoms with Crippen LogP contribution < -0.4 is 53.7 Å². The van der Waals surface area contributed by atoms with Gasteiger partial charge in [-0.05, 0) is 204 Å². The van der Waals surface area contributed by atoms with E-state index in [-0.39, 0.29) is 127 Å². The van der Waals surface area contributed by atoms with E-state index in [4.69, 9.17) is 41.9 Å². The number of alkyl halides is 12. The third-order valence-electron chi connectivity index (χ3n) is 15.0. The van der Waals surface area contributed by atoms with Crippen molar-refractivity contribution in [2.45, 2.75) is 175 Å². The molecule has 0 heterocycles. The van der Waals surface area contributed by atoms with E-state index in [1.807, 2.05) is 13.8 Å². The van der Waals surface area contributed by atoms with E-state index in [0.29, 0.717) is 105 Å². The van der Waals surface area contributed by atoms with Gasteiger partial charge in [-0.3, -0.25) is 9.59 Å². The molecule has 2 amide bonds. The summed E-state index contributed by atoms with van der Waals surface area (Å²) in [6.45, 7) is 15.4. The highest BCUT2D eigenvalue weighted by atomic mass is 32.2. The highest BCUT2D eigenvalue weighted by Gasteiger charge is 2.38. The molecule has 6 aromatic rings. The molecule has 6 rings (SSSR count). The third kappa shape index (κ3) is 31.6. The first-order chi connectivity index (χ1) is 50.7. The second kappa shape index (κ2) is 42.8. The zero-order chi connectivity index (χ0) is 80.2. The van der Waals surface area contributed by atoms with Crippen LogP contribution in [0.1, 0.15) is 137 Å². The Kier molecular flexibility index (Phi) is 36.3. The van der Waals surface area contributed by atoms with Crippen molar-refractivity contribution in [2.24, 2.45) is 22.9 Å². The molecule has 12 N–H and O–H groups in total. The number of aryl methyl sites for hydroxylation is 2. The normalized spacial score (nSPS) is 12.1. The average molecular weight is 1610 g/mol. The highest BCUT2D eigenvalue weighted by molar-refractivity contribution is 8.00. The number of nitrogens with two attached hydrogens (primary N) is 4. The van der Waals surface area contributed by atoms with E-state index < -0.39 is 70.3 Å². The first-order valence-electron chi connectivity index (χ1n) is 34.9. The number of rotatable bonds is 38. The van der Waals surface area contributed by atoms with Gasteiger partial charge in [0, 0.05) is 114 Å². The molecule has 0 aliphatic rings. The van der Waals surface area contributed by atoms with Gasteiger partial charge < -0.3 is 63.1 Å². The molecular formula is C76H96F12N8O8S4. The first kappa shape index (κ1) is 91.4. The molecule has 108 heavy (non-hydrogen) atoms. The largest absolute Gasteiger partial charge is 0.457 e. The SMILES string of the molecule is CCCSc1cc(SCCC)c(C(F)(F)F)cc1CC(=O)Cc1ccc(Oc2ccc(NCCNC(=O)OC(C)(C)C)c(C(F)(F)F)c2)c(CCCNC(=O)OC(C)(C)C)c1.NCCCc1cc(CC(=O)Cc2cc(C(F)(F)F)c(SCCN)cc2SCCN)ccc1Oc1ccc(NCCN)c(C(F)(F)F)c1. The van der Waals surface area contributed by atoms with Gasteiger partial charge in [0.2, 0.25) is 0 Å². The number of ether oxygens (including phenoxy) is 4. The molecule has 0 fully saturated rings. The van der Waals surface area contributed by atoms with Crippen molar-refractivity contribution in [3.05, 3.63) is 153 Å². The Morgan fingerprint density at radius 3 is 1.17 bits per heavy atom. The fourth-order valence-corrected chi connectivity index (χ4v) is 14.2. The second-order valence-electron chi connectivity index (χ2n) is 26.7. The summed E-state index contributed by atoms with van der Waals surface area (Å²) in [5.74, 6) is 1.63. The lowest BCUT2D eigenvalue weighted by Gasteiger charge is -2.20. The summed E-state index contributed by atoms with van der Waals surface area (Å²) in [6.07, 6.45) is -17.6. The van der Waals surface area contributed by atoms with Crippen LogP contribution in [0, 0.1) is 0 Å². The van der Waals surface area contributed by atoms with E-state index >= 15 is 0 Å². The number of hydrogen-bond acceptors (Lipinski definition) is 18. The van der Waals surface area contributed by atoms with Crippen LogP contribution in [-0.4, -0.2) is 110 Å². The minimum Gasteiger partial charge on any atom is -0.457 e. The quantitative estimate of drug-likeness (QED) is 0.0102. The van der Waals surface area contributed by atoms with Gasteiger partial charge in [0.05, 0.1) is 22.3 Å². The average Bonchev–Trinajstić information content (AvgIpc) is 0.809. The second-order valence-corrected chi connectivity index (χ2v) is 31.2. The first-order valence-corrected chi connectivity index (χ1v) is 38.9. The lowest BCUT2D eigenvalue weighted by atomic mass is 9.98. The lowest BCUT2D eigenvalue weighted by Crippen LogP contribution is -2.35. The van der Waals surface area contributed by atoms with Gasteiger partial charge in [0.1, 0.15) is 45.8 Å². The van der Waals surface area contributed by atoms with Crippen molar-refractivity contribution in [3.8, 4) is 23.0 Å². The molecular weight excluding hydrogens is 1510 g/mol. The molecule has 0 spiro atoms. The Morgan fingerprint density at radius 1 is 0.389 bits per heavy atom. The van der Waals surface area contributed by atoms with E-state index in [1.165, 1.54) is 59.9 Å². The van der Waals surface area contributed by atoms with E-state index in [9.17, 15) is 71.9 Å². The fraction of sp³-hybridized carbons (Fsp3) is 0.474. The van der Waals surface area contributed by atoms with Crippen molar-refractivity contribution in [1.82, 2.24) is 10.6 Å². The number of ketones is 2. The van der Waals surface area contributed by atoms with Crippen LogP contribution in [0.4, 0.5) is 73.6 Å². The number of Topliss-reactive ketones (excluding diaryl/α,β-unsaturated/α-hetero) is 2. The number of carbonyl (C=O) groups excluding carboxylic acids is 4. The number of nitrogens with one attached hydrogen (secondary N) is 4. The van der Waals surface area contributed by atoms with Crippen molar-refractivity contribution in [1.29, 1.82) is 0 Å². The number of thioether (sulfide) groups is 4. The van der Waals surface area contributed by atoms with Crippen LogP contribution in [-0.2, 0) is 82.3 Å². The highest BCUT2D eigenvalue weighted by Crippen LogP contribution is 2.45. The van der Waals surface area contributed by atoms with Crippen LogP contribution in [0.2, 0.25) is 0 Å². The standard InChI is InChI=1S/C44H57F6N3O6S2.C32H39F6N5O2S2/c1-9-20-60-37-27-38(61-21-10-2)34(44(48,49)50)25-30(37)24-31(54)23-28-13-16-36(29(22-28)12-11-17-52-39(55)58-41(3,4)5)57-32-14-15-35(33(26-32)43(45,46)47)51-18-19-53-40(56)59-42(6,7)8;33-31(34,35)25-18-24(4-5-27(25)43-11-8-40)45-28-6-3-20(14-21(28)2-1-7-39)15-23(44)16-22-17-26(32(36,37)38)30(47-13-10-42)19-29(22)46-12-9-41/h13-16,22,25-27,51H,9-12,17-21,23-24H2,1-8H3,(H,52,55)(H,53,56);3-6,14,17-19,43H,1-2,7-13,15-16,39-42H2. The molecule has 0 bridgehead atoms. The summed E-state index contributed by atoms with van der Waals surface area (Å²) in [6, 6.07) is 21.8. The number of carbonyl (C=O) groups is 4. The zero-order valence-electron chi connectivity index (χ0n) is 61.5. The molecule has 6 aromatic carbocycles. The monoisotopic (exact) mass is 1600 g/mol. The summed E-state index contributed by atoms with van der Waals surface area (Å²) < 4.78 is 191. The van der Waals surface area contributed by atoms with Gasteiger partial charge in [-0.2, -0.15) is 52.7 Å². The van der Waals surface area contributed by atoms with E-state index in [0.717, 1.165) is 54.2 Å². The molecule has 16 nitrogen and oxygen atoms in total. The van der Waals surface area contributed by atoms with Gasteiger partial charge in [0.15, 0.2) is 0 Å². The molecule has 0 aliphatic heterocycles. The Balaban J connectivity index is 0.000000400. The maximum absolute atomic E-state index is 14.3. The summed E-state index contributed by atoms with van der Waals surface area (Å²) in [5, 5.41) is 10.5. The molecule has 0 unspecified atom stereocenters. The van der Waals surface area contributed by atoms with Crippen molar-refractivity contribution >= 4 is 82.2 Å². The summed E-state index contributed by atoms with van der Waals surface area (Å²) in [5.41, 5.74) is 19.8. The smallest absolute Gasteiger partial charge is 0.418 e. The Bertz CT molecular complexity index is 3930. The summed E-state index contributed by atoms with van der Waals surface area (Å²) >= 11 is 4.85. The number of hydrogen-bond donors (Lipinski definition) is 8. The molecule has 0 aromatic heterocycles. The maximum Gasteiger partial charge on any atom is 0.418 e. The fourth-order valence-electron chi connectivity index (χ4n) is 10.4. The minimum atomic E-state index is -4.77. The predicted molar refractivity (Wildman–Crippen MR) is 405 cm³/mol. The minimum absolute atomic E-state index is 0.0104. The van der Waals surface area contributed by atoms with Crippen molar-refractivity contribution in [2.75, 3.05) is 86.0 Å². The summed E-state index contributed by atoms with van der Waals surface area (Å²) in [4.78, 5) is 52.4. The summed E-state index contributed by atoms with van der Waals surface area (Å²) in [7, 11) is 0. The molecule has 0 saturated carbocycles. The molecule has 0 radical (unpaired) electrons. The number of halogens is 12. The van der Waals surface area contributed by atoms with Crippen LogP contribution in [0.3, 0.4) is 0 Å². The molecule has 0 aliphatic carbocycles. The number of anilines is 2. The van der Waals surface area contributed by atoms with Gasteiger partial charge in [-0.25, -0.2) is 9.59 Å². The number of alkyl carbamates (subject to hydrolysis) is 2. The van der Waals surface area contributed by atoms with Crippen LogP contribution in [0.5, 0.6) is 23.0 Å². The van der Waals surface area contributed by atoms with Gasteiger partial charge >= 0.3 is 36.9 Å². The van der Waals surface area contributed by atoms with Crippen molar-refractivity contribution in [3.63, 3.8) is 0 Å². The molecule has 32 heteroatoms. The zero-order valence-corrected chi connectivity index (χ0v) is 64.8. The topological polar surface area (TPSA) is 257 Å². The number of benzene rings is 6. The van der Waals surface area contributed by atoms with Crippen LogP contribution in [0.15, 0.2) is 117 Å². The van der Waals surface area contributed by atoms with Gasteiger partial charge in [-0.1, -0.05) is 38.1 Å². The predicted octanol–water partition coefficient (Wildman–Crippen LogP) is 18.5. The molecule has 0 saturated heterocycles. The van der Waals surface area contributed by atoms with Gasteiger partial charge in [0.25, 0.3) is 0 Å². The third-order valence-corrected chi connectivity index (χ3v) is 19.8. The molecule has 0 atom stereocenters. The number of amides is 2. The van der Waals surface area contributed by atoms with E-state index in [2.05, 4.69) is 21.3 Å².